The smallest absolute Gasteiger partial charge is 0.306 e. The molecule has 0 bridgehead atoms. The summed E-state index contributed by atoms with van der Waals surface area (Å²) in [5, 5.41) is 11.6. The van der Waals surface area contributed by atoms with E-state index in [1.54, 1.807) is 21.1 Å². The van der Waals surface area contributed by atoms with Crippen LogP contribution in [0.1, 0.15) is 104 Å². The maximum absolute atomic E-state index is 12.5. The monoisotopic (exact) mass is 709 g/mol. The molecular formula is C43H67NO7. The molecule has 0 aliphatic rings. The number of carbonyl (C=O) groups excluding carboxylic acids is 3. The van der Waals surface area contributed by atoms with Crippen LogP contribution in [0.15, 0.2) is 97.2 Å². The first kappa shape index (κ1) is 47.2. The van der Waals surface area contributed by atoms with Crippen LogP contribution in [-0.2, 0) is 28.6 Å². The Morgan fingerprint density at radius 1 is 0.608 bits per heavy atom. The molecule has 0 aromatic rings. The molecule has 2 atom stereocenters. The summed E-state index contributed by atoms with van der Waals surface area (Å²) >= 11 is 0. The summed E-state index contributed by atoms with van der Waals surface area (Å²) in [4.78, 5) is 36.5. The minimum Gasteiger partial charge on any atom is -0.544 e. The molecule has 286 valence electrons. The molecule has 0 saturated carbocycles. The molecule has 0 heterocycles. The van der Waals surface area contributed by atoms with Gasteiger partial charge in [-0.2, -0.15) is 0 Å². The number of unbranched alkanes of at least 4 members (excludes halogenated alkanes) is 7. The summed E-state index contributed by atoms with van der Waals surface area (Å²) in [6.07, 6.45) is 43.1. The van der Waals surface area contributed by atoms with Gasteiger partial charge in [-0.25, -0.2) is 0 Å². The molecule has 0 fully saturated rings. The SMILES string of the molecule is CC/C=C/C=C/C=C/C=C/C=C/C=C/C=C/CCCCCC(=O)OCC(COCCC(C(=O)[O-])[N+](C)(C)C)OC(=O)CC/C=C/CCCCCC. The van der Waals surface area contributed by atoms with Crippen LogP contribution >= 0.6 is 0 Å². The van der Waals surface area contributed by atoms with Crippen molar-refractivity contribution in [1.82, 2.24) is 0 Å². The Bertz CT molecular complexity index is 1150. The Labute approximate surface area is 309 Å². The van der Waals surface area contributed by atoms with Crippen LogP contribution in [0.3, 0.4) is 0 Å². The van der Waals surface area contributed by atoms with Crippen molar-refractivity contribution in [3.63, 3.8) is 0 Å². The van der Waals surface area contributed by atoms with Gasteiger partial charge in [0.1, 0.15) is 12.6 Å². The molecule has 0 aromatic heterocycles. The number of carboxylic acid groups (broad SMARTS) is 1. The minimum absolute atomic E-state index is 0.00303. The molecule has 0 spiro atoms. The topological polar surface area (TPSA) is 102 Å². The Balaban J connectivity index is 4.53. The zero-order chi connectivity index (χ0) is 37.8. The zero-order valence-electron chi connectivity index (χ0n) is 32.2. The van der Waals surface area contributed by atoms with Crippen LogP contribution in [0.2, 0.25) is 0 Å². The van der Waals surface area contributed by atoms with Crippen LogP contribution in [0, 0.1) is 0 Å². The summed E-state index contributed by atoms with van der Waals surface area (Å²) in [7, 11) is 5.35. The molecular weight excluding hydrogens is 642 g/mol. The fraction of sp³-hybridized carbons (Fsp3) is 0.558. The van der Waals surface area contributed by atoms with E-state index < -0.39 is 24.1 Å². The molecule has 0 rings (SSSR count). The van der Waals surface area contributed by atoms with E-state index in [0.717, 1.165) is 38.5 Å². The molecule has 0 aliphatic heterocycles. The lowest BCUT2D eigenvalue weighted by Crippen LogP contribution is -2.55. The lowest BCUT2D eigenvalue weighted by Gasteiger charge is -2.34. The Morgan fingerprint density at radius 3 is 1.73 bits per heavy atom. The van der Waals surface area contributed by atoms with Gasteiger partial charge in [0, 0.05) is 19.3 Å². The Morgan fingerprint density at radius 2 is 1.16 bits per heavy atom. The van der Waals surface area contributed by atoms with E-state index in [2.05, 4.69) is 32.1 Å². The van der Waals surface area contributed by atoms with Crippen molar-refractivity contribution in [3.8, 4) is 0 Å². The maximum atomic E-state index is 12.5. The molecule has 8 heteroatoms. The molecule has 2 unspecified atom stereocenters. The number of hydrogen-bond donors (Lipinski definition) is 0. The fourth-order valence-corrected chi connectivity index (χ4v) is 4.72. The maximum Gasteiger partial charge on any atom is 0.306 e. The third-order valence-electron chi connectivity index (χ3n) is 7.66. The Kier molecular flexibility index (Phi) is 30.9. The third-order valence-corrected chi connectivity index (χ3v) is 7.66. The van der Waals surface area contributed by atoms with E-state index in [1.807, 2.05) is 79.0 Å². The number of hydrogen-bond acceptors (Lipinski definition) is 7. The molecule has 0 radical (unpaired) electrons. The van der Waals surface area contributed by atoms with Crippen molar-refractivity contribution < 1.29 is 38.2 Å². The van der Waals surface area contributed by atoms with Crippen molar-refractivity contribution in [2.24, 2.45) is 0 Å². The van der Waals surface area contributed by atoms with E-state index in [4.69, 9.17) is 14.2 Å². The molecule has 0 aliphatic carbocycles. The van der Waals surface area contributed by atoms with E-state index in [9.17, 15) is 19.5 Å². The van der Waals surface area contributed by atoms with Gasteiger partial charge in [0.05, 0.1) is 40.3 Å². The van der Waals surface area contributed by atoms with Gasteiger partial charge in [0.25, 0.3) is 0 Å². The number of esters is 2. The number of quaternary nitrogens is 1. The predicted molar refractivity (Wildman–Crippen MR) is 208 cm³/mol. The van der Waals surface area contributed by atoms with E-state index in [0.29, 0.717) is 12.8 Å². The van der Waals surface area contributed by atoms with Crippen LogP contribution in [-0.4, -0.2) is 75.5 Å². The normalized spacial score (nSPS) is 14.1. The number of carbonyl (C=O) groups is 3. The fourth-order valence-electron chi connectivity index (χ4n) is 4.72. The Hall–Kier alpha value is -3.75. The molecule has 0 N–H and O–H groups in total. The average molecular weight is 710 g/mol. The summed E-state index contributed by atoms with van der Waals surface area (Å²) in [6, 6.07) is -0.742. The van der Waals surface area contributed by atoms with Gasteiger partial charge in [-0.1, -0.05) is 137 Å². The molecule has 0 amide bonds. The number of carboxylic acids is 1. The first-order chi connectivity index (χ1) is 24.6. The third kappa shape index (κ3) is 31.9. The van der Waals surface area contributed by atoms with Gasteiger partial charge >= 0.3 is 11.9 Å². The lowest BCUT2D eigenvalue weighted by molar-refractivity contribution is -0.889. The highest BCUT2D eigenvalue weighted by atomic mass is 16.6. The van der Waals surface area contributed by atoms with Crippen LogP contribution in [0.4, 0.5) is 0 Å². The lowest BCUT2D eigenvalue weighted by atomic mass is 10.1. The second kappa shape index (κ2) is 33.4. The first-order valence-electron chi connectivity index (χ1n) is 18.9. The van der Waals surface area contributed by atoms with Crippen molar-refractivity contribution in [3.05, 3.63) is 97.2 Å². The van der Waals surface area contributed by atoms with Crippen LogP contribution in [0.25, 0.3) is 0 Å². The number of rotatable bonds is 31. The number of nitrogens with zero attached hydrogens (tertiary/aromatic N) is 1. The highest BCUT2D eigenvalue weighted by molar-refractivity contribution is 5.70. The number of allylic oxidation sites excluding steroid dienone is 16. The van der Waals surface area contributed by atoms with Crippen molar-refractivity contribution in [2.45, 2.75) is 116 Å². The highest BCUT2D eigenvalue weighted by Gasteiger charge is 2.25. The number of aliphatic carboxylic acids is 1. The zero-order valence-corrected chi connectivity index (χ0v) is 32.2. The second-order valence-corrected chi connectivity index (χ2v) is 13.3. The second-order valence-electron chi connectivity index (χ2n) is 13.3. The van der Waals surface area contributed by atoms with Crippen molar-refractivity contribution in [1.29, 1.82) is 0 Å². The van der Waals surface area contributed by atoms with Gasteiger partial charge in [0.15, 0.2) is 6.10 Å². The van der Waals surface area contributed by atoms with Gasteiger partial charge in [0.2, 0.25) is 0 Å². The largest absolute Gasteiger partial charge is 0.544 e. The standard InChI is InChI=1S/C43H67NO7/c1-6-8-10-12-14-16-17-18-19-20-21-22-23-24-25-26-28-29-31-33-41(45)50-38-39(37-49-36-35-40(43(47)48)44(3,4)5)51-42(46)34-32-30-27-15-13-11-9-7-2/h8,10,12,14,16-25,27,30,39-40H,6-7,9,11,13,15,26,28-29,31-38H2,1-5H3/b10-8+,14-12+,17-16+,19-18+,21-20+,23-22+,25-24+,30-27+. The molecule has 8 nitrogen and oxygen atoms in total. The summed E-state index contributed by atoms with van der Waals surface area (Å²) < 4.78 is 16.9. The molecule has 0 saturated heterocycles. The summed E-state index contributed by atoms with van der Waals surface area (Å²) in [5.74, 6) is -1.88. The van der Waals surface area contributed by atoms with Crippen LogP contribution < -0.4 is 5.11 Å². The van der Waals surface area contributed by atoms with E-state index in [1.165, 1.54) is 19.3 Å². The quantitative estimate of drug-likeness (QED) is 0.0235. The number of ether oxygens (including phenoxy) is 3. The minimum atomic E-state index is -1.14. The summed E-state index contributed by atoms with van der Waals surface area (Å²) in [5.41, 5.74) is 0. The van der Waals surface area contributed by atoms with Gasteiger partial charge in [-0.15, -0.1) is 0 Å². The van der Waals surface area contributed by atoms with Crippen molar-refractivity contribution >= 4 is 17.9 Å². The number of likely N-dealkylation sites (N-methyl/N-ethyl adjacent to an activating group) is 1. The first-order valence-corrected chi connectivity index (χ1v) is 18.9. The van der Waals surface area contributed by atoms with Crippen LogP contribution in [0.5, 0.6) is 0 Å². The molecule has 51 heavy (non-hydrogen) atoms. The average Bonchev–Trinajstić information content (AvgIpc) is 3.08. The van der Waals surface area contributed by atoms with E-state index >= 15 is 0 Å². The van der Waals surface area contributed by atoms with Crippen molar-refractivity contribution in [2.75, 3.05) is 41.0 Å². The highest BCUT2D eigenvalue weighted by Crippen LogP contribution is 2.10. The van der Waals surface area contributed by atoms with Gasteiger partial charge in [-0.3, -0.25) is 9.59 Å². The molecule has 0 aromatic carbocycles. The van der Waals surface area contributed by atoms with Gasteiger partial charge in [-0.05, 0) is 44.9 Å². The predicted octanol–water partition coefficient (Wildman–Crippen LogP) is 8.23. The van der Waals surface area contributed by atoms with E-state index in [-0.39, 0.29) is 49.5 Å². The van der Waals surface area contributed by atoms with Gasteiger partial charge < -0.3 is 28.6 Å². The summed E-state index contributed by atoms with van der Waals surface area (Å²) in [6.45, 7) is 4.33.